The van der Waals surface area contributed by atoms with Crippen LogP contribution in [0.5, 0.6) is 0 Å². The zero-order chi connectivity index (χ0) is 10.7. The first kappa shape index (κ1) is 10.4. The molecule has 14 heavy (non-hydrogen) atoms. The van der Waals surface area contributed by atoms with E-state index < -0.39 is 6.09 Å². The van der Waals surface area contributed by atoms with Crippen molar-refractivity contribution in [2.75, 3.05) is 18.2 Å². The monoisotopic (exact) mass is 194 g/mol. The Hall–Kier alpha value is -1.71. The number of nitrogens with one attached hydrogen (secondary N) is 1. The summed E-state index contributed by atoms with van der Waals surface area (Å²) >= 11 is 0. The van der Waals surface area contributed by atoms with Crippen molar-refractivity contribution in [1.29, 1.82) is 0 Å². The van der Waals surface area contributed by atoms with E-state index in [1.165, 1.54) is 7.11 Å². The number of amides is 1. The molecular weight excluding hydrogens is 180 g/mol. The topological polar surface area (TPSA) is 64.3 Å². The molecule has 76 valence electrons. The molecule has 4 nitrogen and oxygen atoms in total. The van der Waals surface area contributed by atoms with Crippen molar-refractivity contribution in [2.24, 2.45) is 0 Å². The van der Waals surface area contributed by atoms with Crippen LogP contribution in [-0.2, 0) is 4.74 Å². The fourth-order valence-corrected chi connectivity index (χ4v) is 1.11. The number of ether oxygens (including phenoxy) is 1. The third kappa shape index (κ3) is 2.16. The van der Waals surface area contributed by atoms with Gasteiger partial charge in [0.2, 0.25) is 0 Å². The fourth-order valence-electron chi connectivity index (χ4n) is 1.11. The lowest BCUT2D eigenvalue weighted by atomic mass is 10.1. The van der Waals surface area contributed by atoms with E-state index in [1.54, 1.807) is 0 Å². The van der Waals surface area contributed by atoms with E-state index in [4.69, 9.17) is 5.73 Å². The average molecular weight is 194 g/mol. The van der Waals surface area contributed by atoms with Crippen LogP contribution >= 0.6 is 0 Å². The second kappa shape index (κ2) is 4.00. The first-order valence-electron chi connectivity index (χ1n) is 4.26. The number of nitrogens with two attached hydrogens (primary N) is 1. The first-order chi connectivity index (χ1) is 6.54. The highest BCUT2D eigenvalue weighted by Gasteiger charge is 2.05. The molecule has 0 aliphatic heterocycles. The normalized spacial score (nSPS) is 9.64. The second-order valence-corrected chi connectivity index (χ2v) is 3.14. The zero-order valence-electron chi connectivity index (χ0n) is 8.55. The van der Waals surface area contributed by atoms with Gasteiger partial charge < -0.3 is 10.5 Å². The summed E-state index contributed by atoms with van der Waals surface area (Å²) in [4.78, 5) is 10.9. The van der Waals surface area contributed by atoms with Crippen LogP contribution in [0.25, 0.3) is 0 Å². The van der Waals surface area contributed by atoms with Crippen LogP contribution in [-0.4, -0.2) is 13.2 Å². The van der Waals surface area contributed by atoms with Crippen molar-refractivity contribution < 1.29 is 9.53 Å². The van der Waals surface area contributed by atoms with E-state index >= 15 is 0 Å². The Morgan fingerprint density at radius 2 is 1.93 bits per heavy atom. The third-order valence-corrected chi connectivity index (χ3v) is 2.09. The molecule has 0 aliphatic rings. The van der Waals surface area contributed by atoms with Gasteiger partial charge in [-0.05, 0) is 37.1 Å². The molecule has 0 heterocycles. The number of methoxy groups -OCH3 is 1. The lowest BCUT2D eigenvalue weighted by Crippen LogP contribution is -2.12. The van der Waals surface area contributed by atoms with Crippen LogP contribution in [0.3, 0.4) is 0 Å². The number of anilines is 2. The van der Waals surface area contributed by atoms with E-state index in [9.17, 15) is 4.79 Å². The molecule has 0 aromatic heterocycles. The number of carbonyl (C=O) groups is 1. The summed E-state index contributed by atoms with van der Waals surface area (Å²) in [7, 11) is 1.31. The summed E-state index contributed by atoms with van der Waals surface area (Å²) in [6.45, 7) is 3.92. The number of hydrogen-bond acceptors (Lipinski definition) is 3. The summed E-state index contributed by atoms with van der Waals surface area (Å²) in [5.41, 5.74) is 9.02. The Morgan fingerprint density at radius 3 is 2.50 bits per heavy atom. The molecule has 0 atom stereocenters. The Labute approximate surface area is 83.1 Å². The summed E-state index contributed by atoms with van der Waals surface area (Å²) in [5, 5.41) is 2.54. The Balaban J connectivity index is 2.98. The largest absolute Gasteiger partial charge is 0.453 e. The maximum atomic E-state index is 10.9. The Kier molecular flexibility index (Phi) is 2.96. The zero-order valence-corrected chi connectivity index (χ0v) is 8.55. The van der Waals surface area contributed by atoms with Crippen molar-refractivity contribution in [2.45, 2.75) is 13.8 Å². The van der Waals surface area contributed by atoms with Crippen LogP contribution < -0.4 is 11.1 Å². The van der Waals surface area contributed by atoms with Crippen LogP contribution in [0.4, 0.5) is 16.2 Å². The number of rotatable bonds is 1. The molecule has 3 N–H and O–H groups in total. The Bertz CT molecular complexity index is 361. The molecular formula is C10H14N2O2. The molecule has 1 rings (SSSR count). The first-order valence-corrected chi connectivity index (χ1v) is 4.26. The van der Waals surface area contributed by atoms with Gasteiger partial charge in [0.15, 0.2) is 0 Å². The molecule has 1 amide bonds. The van der Waals surface area contributed by atoms with Gasteiger partial charge >= 0.3 is 6.09 Å². The maximum absolute atomic E-state index is 10.9. The van der Waals surface area contributed by atoms with E-state index in [0.717, 1.165) is 11.1 Å². The molecule has 1 aromatic rings. The molecule has 0 saturated heterocycles. The smallest absolute Gasteiger partial charge is 0.411 e. The molecule has 0 aliphatic carbocycles. The second-order valence-electron chi connectivity index (χ2n) is 3.14. The predicted molar refractivity (Wildman–Crippen MR) is 56.4 cm³/mol. The van der Waals surface area contributed by atoms with Crippen molar-refractivity contribution >= 4 is 17.5 Å². The minimum absolute atomic E-state index is 0.514. The summed E-state index contributed by atoms with van der Waals surface area (Å²) in [6.07, 6.45) is -0.514. The van der Waals surface area contributed by atoms with Gasteiger partial charge in [-0.15, -0.1) is 0 Å². The van der Waals surface area contributed by atoms with E-state index in [1.807, 2.05) is 26.0 Å². The van der Waals surface area contributed by atoms with Crippen molar-refractivity contribution in [3.63, 3.8) is 0 Å². The van der Waals surface area contributed by atoms with Gasteiger partial charge in [0.1, 0.15) is 0 Å². The lowest BCUT2D eigenvalue weighted by Gasteiger charge is -2.09. The van der Waals surface area contributed by atoms with Gasteiger partial charge in [0.25, 0.3) is 0 Å². The number of aryl methyl sites for hydroxylation is 2. The molecule has 0 fully saturated rings. The van der Waals surface area contributed by atoms with Crippen LogP contribution in [0, 0.1) is 13.8 Å². The van der Waals surface area contributed by atoms with E-state index in [0.29, 0.717) is 11.4 Å². The van der Waals surface area contributed by atoms with Crippen LogP contribution in [0.15, 0.2) is 12.1 Å². The van der Waals surface area contributed by atoms with Crippen LogP contribution in [0.1, 0.15) is 11.1 Å². The molecule has 1 aromatic carbocycles. The highest BCUT2D eigenvalue weighted by atomic mass is 16.5. The van der Waals surface area contributed by atoms with Gasteiger partial charge in [-0.2, -0.15) is 0 Å². The number of carbonyl (C=O) groups excluding carboxylic acids is 1. The number of benzene rings is 1. The predicted octanol–water partition coefficient (Wildman–Crippen LogP) is 2.06. The summed E-state index contributed by atoms with van der Waals surface area (Å²) < 4.78 is 4.47. The third-order valence-electron chi connectivity index (χ3n) is 2.09. The summed E-state index contributed by atoms with van der Waals surface area (Å²) in [6, 6.07) is 3.64. The molecule has 0 saturated carbocycles. The van der Waals surface area contributed by atoms with Gasteiger partial charge in [0, 0.05) is 0 Å². The fraction of sp³-hybridized carbons (Fsp3) is 0.300. The summed E-state index contributed by atoms with van der Waals surface area (Å²) in [5.74, 6) is 0. The lowest BCUT2D eigenvalue weighted by molar-refractivity contribution is 0.187. The van der Waals surface area contributed by atoms with Gasteiger partial charge in [-0.3, -0.25) is 5.32 Å². The molecule has 0 unspecified atom stereocenters. The number of hydrogen-bond donors (Lipinski definition) is 2. The molecule has 0 radical (unpaired) electrons. The minimum atomic E-state index is -0.514. The standard InChI is InChI=1S/C10H14N2O2/c1-6-4-8(11)9(5-7(6)2)12-10(13)14-3/h4-5H,11H2,1-3H3,(H,12,13). The van der Waals surface area contributed by atoms with Gasteiger partial charge in [-0.25, -0.2) is 4.79 Å². The quantitative estimate of drug-likeness (QED) is 0.672. The highest BCUT2D eigenvalue weighted by Crippen LogP contribution is 2.22. The van der Waals surface area contributed by atoms with E-state index in [-0.39, 0.29) is 0 Å². The minimum Gasteiger partial charge on any atom is -0.453 e. The number of nitrogen functional groups attached to an aromatic ring is 1. The highest BCUT2D eigenvalue weighted by molar-refractivity contribution is 5.89. The molecule has 4 heteroatoms. The SMILES string of the molecule is COC(=O)Nc1cc(C)c(C)cc1N. The average Bonchev–Trinajstić information content (AvgIpc) is 2.14. The van der Waals surface area contributed by atoms with Crippen molar-refractivity contribution in [1.82, 2.24) is 0 Å². The molecule has 0 bridgehead atoms. The van der Waals surface area contributed by atoms with Gasteiger partial charge in [-0.1, -0.05) is 0 Å². The van der Waals surface area contributed by atoms with E-state index in [2.05, 4.69) is 10.1 Å². The van der Waals surface area contributed by atoms with Crippen molar-refractivity contribution in [3.8, 4) is 0 Å². The van der Waals surface area contributed by atoms with Gasteiger partial charge in [0.05, 0.1) is 18.5 Å². The van der Waals surface area contributed by atoms with Crippen molar-refractivity contribution in [3.05, 3.63) is 23.3 Å². The Morgan fingerprint density at radius 1 is 1.36 bits per heavy atom. The maximum Gasteiger partial charge on any atom is 0.411 e. The molecule has 0 spiro atoms. The van der Waals surface area contributed by atoms with Crippen LogP contribution in [0.2, 0.25) is 0 Å².